The largest absolute Gasteiger partial charge is 0.393 e. The molecule has 0 unspecified atom stereocenters. The second-order valence-electron chi connectivity index (χ2n) is 2.84. The molecule has 0 radical (unpaired) electrons. The molecule has 4 heteroatoms. The van der Waals surface area contributed by atoms with E-state index in [9.17, 15) is 0 Å². The van der Waals surface area contributed by atoms with Crippen LogP contribution in [0.4, 0.5) is 0 Å². The van der Waals surface area contributed by atoms with Crippen molar-refractivity contribution in [2.24, 2.45) is 0 Å². The van der Waals surface area contributed by atoms with Crippen LogP contribution in [-0.2, 0) is 0 Å². The van der Waals surface area contributed by atoms with Gasteiger partial charge in [0, 0.05) is 30.7 Å². The second-order valence-corrected chi connectivity index (χ2v) is 3.70. The average molecular weight is 254 g/mol. The smallest absolute Gasteiger partial charge is 0.0770 e. The summed E-state index contributed by atoms with van der Waals surface area (Å²) in [5.74, 6) is 0. The van der Waals surface area contributed by atoms with Crippen LogP contribution in [-0.4, -0.2) is 17.7 Å². The van der Waals surface area contributed by atoms with E-state index in [1.165, 1.54) is 0 Å². The first kappa shape index (κ1) is 10.9. The van der Waals surface area contributed by atoms with Gasteiger partial charge in [0.15, 0.2) is 0 Å². The molecule has 1 heterocycles. The fourth-order valence-electron chi connectivity index (χ4n) is 1.04. The van der Waals surface area contributed by atoms with Gasteiger partial charge in [0.2, 0.25) is 0 Å². The van der Waals surface area contributed by atoms with Crippen LogP contribution >= 0.6 is 15.9 Å². The van der Waals surface area contributed by atoms with Crippen molar-refractivity contribution in [3.8, 4) is 0 Å². The van der Waals surface area contributed by atoms with Gasteiger partial charge in [-0.05, 0) is 35.0 Å². The van der Waals surface area contributed by atoms with E-state index in [1.807, 2.05) is 19.1 Å². The fourth-order valence-corrected chi connectivity index (χ4v) is 1.50. The first-order chi connectivity index (χ1) is 6.65. The van der Waals surface area contributed by atoms with Gasteiger partial charge < -0.3 is 5.32 Å². The number of rotatable bonds is 3. The van der Waals surface area contributed by atoms with Gasteiger partial charge in [-0.15, -0.1) is 0 Å². The van der Waals surface area contributed by atoms with Crippen molar-refractivity contribution in [1.82, 2.24) is 10.3 Å². The molecule has 0 amide bonds. The van der Waals surface area contributed by atoms with Gasteiger partial charge in [-0.25, -0.2) is 0 Å². The first-order valence-electron chi connectivity index (χ1n) is 4.20. The molecule has 0 atom stereocenters. The van der Waals surface area contributed by atoms with Crippen LogP contribution < -0.4 is 5.32 Å². The Bertz CT molecular complexity index is 371. The number of nitrogens with zero attached hydrogens (tertiary/aromatic N) is 1. The standard InChI is InChI=1S/C10H12BrN3/c1-7-5-8(3-4-14-7)10(12)9(11)6-13-2/h3-6,12-13H,1-2H3/b9-6+,12-10?. The summed E-state index contributed by atoms with van der Waals surface area (Å²) in [5, 5.41) is 10.7. The molecule has 3 nitrogen and oxygen atoms in total. The van der Waals surface area contributed by atoms with Crippen LogP contribution in [0, 0.1) is 12.3 Å². The van der Waals surface area contributed by atoms with E-state index < -0.39 is 0 Å². The van der Waals surface area contributed by atoms with Crippen LogP contribution in [0.5, 0.6) is 0 Å². The van der Waals surface area contributed by atoms with Crippen molar-refractivity contribution in [3.05, 3.63) is 40.3 Å². The number of aromatic nitrogens is 1. The van der Waals surface area contributed by atoms with E-state index in [1.54, 1.807) is 19.4 Å². The summed E-state index contributed by atoms with van der Waals surface area (Å²) in [7, 11) is 1.80. The topological polar surface area (TPSA) is 48.8 Å². The molecule has 0 aliphatic rings. The maximum absolute atomic E-state index is 7.85. The lowest BCUT2D eigenvalue weighted by Crippen LogP contribution is -2.03. The van der Waals surface area contributed by atoms with Crippen LogP contribution in [0.1, 0.15) is 11.3 Å². The van der Waals surface area contributed by atoms with Crippen LogP contribution in [0.3, 0.4) is 0 Å². The van der Waals surface area contributed by atoms with Gasteiger partial charge >= 0.3 is 0 Å². The highest BCUT2D eigenvalue weighted by Gasteiger charge is 2.04. The van der Waals surface area contributed by atoms with Gasteiger partial charge in [-0.2, -0.15) is 0 Å². The molecule has 74 valence electrons. The molecule has 0 aromatic carbocycles. The predicted octanol–water partition coefficient (Wildman–Crippen LogP) is 2.21. The molecule has 0 saturated heterocycles. The lowest BCUT2D eigenvalue weighted by molar-refractivity contribution is 1.10. The number of aryl methyl sites for hydroxylation is 1. The quantitative estimate of drug-likeness (QED) is 0.812. The van der Waals surface area contributed by atoms with Gasteiger partial charge in [0.1, 0.15) is 0 Å². The van der Waals surface area contributed by atoms with Crippen LogP contribution in [0.15, 0.2) is 29.0 Å². The van der Waals surface area contributed by atoms with Gasteiger partial charge in [-0.3, -0.25) is 10.4 Å². The molecule has 0 spiro atoms. The molecule has 0 aliphatic carbocycles. The van der Waals surface area contributed by atoms with Crippen molar-refractivity contribution in [2.75, 3.05) is 7.05 Å². The Labute approximate surface area is 91.9 Å². The molecule has 0 saturated carbocycles. The molecule has 2 N–H and O–H groups in total. The zero-order chi connectivity index (χ0) is 10.6. The summed E-state index contributed by atoms with van der Waals surface area (Å²) < 4.78 is 0.727. The van der Waals surface area contributed by atoms with Crippen molar-refractivity contribution >= 4 is 21.6 Å². The van der Waals surface area contributed by atoms with Crippen molar-refractivity contribution in [3.63, 3.8) is 0 Å². The highest BCUT2D eigenvalue weighted by Crippen LogP contribution is 2.13. The third-order valence-corrected chi connectivity index (χ3v) is 2.32. The van der Waals surface area contributed by atoms with Gasteiger partial charge in [0.05, 0.1) is 10.2 Å². The normalized spacial score (nSPS) is 11.2. The minimum absolute atomic E-state index is 0.449. The summed E-state index contributed by atoms with van der Waals surface area (Å²) in [5.41, 5.74) is 2.22. The Morgan fingerprint density at radius 2 is 2.36 bits per heavy atom. The molecule has 1 aromatic rings. The zero-order valence-electron chi connectivity index (χ0n) is 8.13. The summed E-state index contributed by atoms with van der Waals surface area (Å²) in [6.07, 6.45) is 3.44. The minimum Gasteiger partial charge on any atom is -0.393 e. The Balaban J connectivity index is 2.95. The Kier molecular flexibility index (Phi) is 3.83. The second kappa shape index (κ2) is 4.91. The fraction of sp³-hybridized carbons (Fsp3) is 0.200. The third-order valence-electron chi connectivity index (χ3n) is 1.70. The minimum atomic E-state index is 0.449. The number of allylic oxidation sites excluding steroid dienone is 1. The van der Waals surface area contributed by atoms with E-state index in [0.717, 1.165) is 15.7 Å². The summed E-state index contributed by atoms with van der Waals surface area (Å²) in [6, 6.07) is 3.70. The average Bonchev–Trinajstić information content (AvgIpc) is 2.17. The SMILES string of the molecule is CN/C=C(/Br)C(=N)c1ccnc(C)c1. The predicted molar refractivity (Wildman–Crippen MR) is 61.9 cm³/mol. The van der Waals surface area contributed by atoms with E-state index in [2.05, 4.69) is 26.2 Å². The molecule has 1 aromatic heterocycles. The third kappa shape index (κ3) is 2.67. The summed E-state index contributed by atoms with van der Waals surface area (Å²) in [6.45, 7) is 1.91. The molecule has 0 fully saturated rings. The number of nitrogens with one attached hydrogen (secondary N) is 2. The van der Waals surface area contributed by atoms with Gasteiger partial charge in [0.25, 0.3) is 0 Å². The Morgan fingerprint density at radius 3 is 2.93 bits per heavy atom. The maximum atomic E-state index is 7.85. The van der Waals surface area contributed by atoms with E-state index >= 15 is 0 Å². The number of pyridine rings is 1. The number of halogens is 1. The number of hydrogen-bond acceptors (Lipinski definition) is 3. The van der Waals surface area contributed by atoms with E-state index in [-0.39, 0.29) is 0 Å². The van der Waals surface area contributed by atoms with Gasteiger partial charge in [-0.1, -0.05) is 0 Å². The van der Waals surface area contributed by atoms with E-state index in [4.69, 9.17) is 5.41 Å². The molecule has 0 bridgehead atoms. The summed E-state index contributed by atoms with van der Waals surface area (Å²) in [4.78, 5) is 4.08. The van der Waals surface area contributed by atoms with E-state index in [0.29, 0.717) is 5.71 Å². The summed E-state index contributed by atoms with van der Waals surface area (Å²) >= 11 is 3.32. The molecular formula is C10H12BrN3. The lowest BCUT2D eigenvalue weighted by atomic mass is 10.1. The molecule has 1 rings (SSSR count). The van der Waals surface area contributed by atoms with Crippen molar-refractivity contribution < 1.29 is 0 Å². The highest BCUT2D eigenvalue weighted by molar-refractivity contribution is 9.12. The van der Waals surface area contributed by atoms with Crippen LogP contribution in [0.2, 0.25) is 0 Å². The van der Waals surface area contributed by atoms with Crippen LogP contribution in [0.25, 0.3) is 0 Å². The maximum Gasteiger partial charge on any atom is 0.0770 e. The molecule has 14 heavy (non-hydrogen) atoms. The highest BCUT2D eigenvalue weighted by atomic mass is 79.9. The lowest BCUT2D eigenvalue weighted by Gasteiger charge is -2.03. The zero-order valence-corrected chi connectivity index (χ0v) is 9.72. The Morgan fingerprint density at radius 1 is 1.64 bits per heavy atom. The van der Waals surface area contributed by atoms with Crippen molar-refractivity contribution in [1.29, 1.82) is 5.41 Å². The Hall–Kier alpha value is -1.16. The van der Waals surface area contributed by atoms with Crippen molar-refractivity contribution in [2.45, 2.75) is 6.92 Å². The number of hydrogen-bond donors (Lipinski definition) is 2. The monoisotopic (exact) mass is 253 g/mol. The molecule has 0 aliphatic heterocycles. The molecular weight excluding hydrogens is 242 g/mol. The first-order valence-corrected chi connectivity index (χ1v) is 4.99.